The zero-order valence-corrected chi connectivity index (χ0v) is 14.6. The Hall–Kier alpha value is -3.12. The molecule has 3 aromatic rings. The van der Waals surface area contributed by atoms with Crippen molar-refractivity contribution < 1.29 is 14.4 Å². The lowest BCUT2D eigenvalue weighted by Crippen LogP contribution is -2.43. The normalized spacial score (nSPS) is 14.0. The number of aryl methyl sites for hydroxylation is 1. The average molecular weight is 368 g/mol. The summed E-state index contributed by atoms with van der Waals surface area (Å²) in [6.45, 7) is 0. The van der Waals surface area contributed by atoms with Gasteiger partial charge in [-0.1, -0.05) is 29.8 Å². The van der Waals surface area contributed by atoms with Crippen LogP contribution in [0.5, 0.6) is 0 Å². The van der Waals surface area contributed by atoms with Crippen LogP contribution in [0.15, 0.2) is 42.5 Å². The molecule has 2 heterocycles. The smallest absolute Gasteiger partial charge is 0.267 e. The Morgan fingerprint density at radius 2 is 1.88 bits per heavy atom. The van der Waals surface area contributed by atoms with Crippen molar-refractivity contribution >= 4 is 45.9 Å². The summed E-state index contributed by atoms with van der Waals surface area (Å²) in [6.07, 6.45) is 0.0665. The molecule has 0 unspecified atom stereocenters. The molecule has 0 bridgehead atoms. The highest BCUT2D eigenvalue weighted by molar-refractivity contribution is 6.33. The van der Waals surface area contributed by atoms with Gasteiger partial charge in [-0.05, 0) is 29.8 Å². The number of halogens is 1. The number of fused-ring (bicyclic) bond motifs is 2. The van der Waals surface area contributed by atoms with Crippen molar-refractivity contribution in [3.05, 3.63) is 64.3 Å². The van der Waals surface area contributed by atoms with Crippen LogP contribution in [-0.4, -0.2) is 22.3 Å². The highest BCUT2D eigenvalue weighted by Crippen LogP contribution is 2.37. The highest BCUT2D eigenvalue weighted by atomic mass is 35.5. The summed E-state index contributed by atoms with van der Waals surface area (Å²) in [5.74, 6) is -1.62. The number of carbonyl (C=O) groups excluding carboxylic acids is 3. The van der Waals surface area contributed by atoms with E-state index in [1.54, 1.807) is 54.1 Å². The van der Waals surface area contributed by atoms with E-state index in [0.717, 1.165) is 4.90 Å². The summed E-state index contributed by atoms with van der Waals surface area (Å²) in [7, 11) is 1.66. The first kappa shape index (κ1) is 16.4. The summed E-state index contributed by atoms with van der Waals surface area (Å²) in [5, 5.41) is 0.951. The summed E-state index contributed by atoms with van der Waals surface area (Å²) >= 11 is 6.11. The molecule has 6 nitrogen and oxygen atoms in total. The molecule has 26 heavy (non-hydrogen) atoms. The molecule has 0 fully saturated rings. The van der Waals surface area contributed by atoms with Crippen molar-refractivity contribution in [3.63, 3.8) is 0 Å². The molecule has 1 aliphatic heterocycles. The molecule has 4 rings (SSSR count). The molecule has 2 aromatic carbocycles. The number of rotatable bonds is 2. The van der Waals surface area contributed by atoms with Crippen LogP contribution in [0.3, 0.4) is 0 Å². The first-order chi connectivity index (χ1) is 12.4. The van der Waals surface area contributed by atoms with Crippen molar-refractivity contribution in [2.75, 3.05) is 4.90 Å². The second-order valence-corrected chi connectivity index (χ2v) is 6.59. The molecular weight excluding hydrogens is 354 g/mol. The van der Waals surface area contributed by atoms with E-state index in [4.69, 9.17) is 17.3 Å². The maximum Gasteiger partial charge on any atom is 0.267 e. The maximum atomic E-state index is 13.1. The number of amides is 3. The zero-order chi connectivity index (χ0) is 18.6. The van der Waals surface area contributed by atoms with Gasteiger partial charge in [0.2, 0.25) is 5.91 Å². The van der Waals surface area contributed by atoms with Gasteiger partial charge in [0.05, 0.1) is 17.6 Å². The van der Waals surface area contributed by atoms with Crippen LogP contribution in [0.25, 0.3) is 10.9 Å². The Balaban J connectivity index is 2.04. The number of hydrogen-bond acceptors (Lipinski definition) is 3. The van der Waals surface area contributed by atoms with Crippen LogP contribution in [0.1, 0.15) is 26.4 Å². The van der Waals surface area contributed by atoms with Crippen molar-refractivity contribution in [2.45, 2.75) is 6.42 Å². The number of carbonyl (C=O) groups is 3. The van der Waals surface area contributed by atoms with Gasteiger partial charge in [-0.2, -0.15) is 0 Å². The zero-order valence-electron chi connectivity index (χ0n) is 13.8. The molecule has 0 saturated carbocycles. The van der Waals surface area contributed by atoms with Gasteiger partial charge in [0.25, 0.3) is 11.8 Å². The van der Waals surface area contributed by atoms with Crippen molar-refractivity contribution in [2.24, 2.45) is 12.8 Å². The Labute approximate surface area is 153 Å². The Morgan fingerprint density at radius 3 is 2.62 bits per heavy atom. The number of benzene rings is 2. The van der Waals surface area contributed by atoms with Crippen LogP contribution in [0.4, 0.5) is 5.69 Å². The van der Waals surface area contributed by atoms with E-state index in [0.29, 0.717) is 27.1 Å². The molecule has 7 heteroatoms. The molecule has 0 saturated heterocycles. The second-order valence-electron chi connectivity index (χ2n) is 6.15. The summed E-state index contributed by atoms with van der Waals surface area (Å²) in [6, 6.07) is 12.0. The van der Waals surface area contributed by atoms with Gasteiger partial charge in [-0.15, -0.1) is 0 Å². The van der Waals surface area contributed by atoms with Crippen molar-refractivity contribution in [1.82, 2.24) is 4.57 Å². The van der Waals surface area contributed by atoms with Gasteiger partial charge in [0.1, 0.15) is 5.69 Å². The topological polar surface area (TPSA) is 85.4 Å². The van der Waals surface area contributed by atoms with Gasteiger partial charge in [0.15, 0.2) is 0 Å². The molecule has 3 amide bonds. The fourth-order valence-electron chi connectivity index (χ4n) is 3.49. The lowest BCUT2D eigenvalue weighted by molar-refractivity contribution is -0.117. The molecule has 0 spiro atoms. The third-order valence-electron chi connectivity index (χ3n) is 4.63. The Bertz CT molecular complexity index is 1120. The number of nitrogens with zero attached hydrogens (tertiary/aromatic N) is 2. The molecule has 130 valence electrons. The predicted octanol–water partition coefficient (Wildman–Crippen LogP) is 2.66. The molecule has 2 N–H and O–H groups in total. The van der Waals surface area contributed by atoms with E-state index in [9.17, 15) is 14.4 Å². The van der Waals surface area contributed by atoms with E-state index >= 15 is 0 Å². The lowest BCUT2D eigenvalue weighted by Gasteiger charge is -2.27. The minimum Gasteiger partial charge on any atom is -0.364 e. The van der Waals surface area contributed by atoms with Crippen LogP contribution >= 0.6 is 11.6 Å². The van der Waals surface area contributed by atoms with E-state index in [2.05, 4.69) is 0 Å². The summed E-state index contributed by atoms with van der Waals surface area (Å²) < 4.78 is 1.57. The number of hydrogen-bond donors (Lipinski definition) is 1. The van der Waals surface area contributed by atoms with Gasteiger partial charge in [0, 0.05) is 23.0 Å². The van der Waals surface area contributed by atoms with Gasteiger partial charge >= 0.3 is 0 Å². The fourth-order valence-corrected chi connectivity index (χ4v) is 3.66. The molecule has 0 aliphatic carbocycles. The minimum absolute atomic E-state index is 0.0665. The molecule has 1 aromatic heterocycles. The monoisotopic (exact) mass is 367 g/mol. The first-order valence-corrected chi connectivity index (χ1v) is 8.31. The number of nitrogens with two attached hydrogens (primary N) is 1. The van der Waals surface area contributed by atoms with Crippen molar-refractivity contribution in [3.8, 4) is 0 Å². The third kappa shape index (κ3) is 2.23. The third-order valence-corrected chi connectivity index (χ3v) is 4.87. The van der Waals surface area contributed by atoms with Gasteiger partial charge in [-0.25, -0.2) is 4.90 Å². The summed E-state index contributed by atoms with van der Waals surface area (Å²) in [4.78, 5) is 39.0. The van der Waals surface area contributed by atoms with Crippen LogP contribution in [-0.2, 0) is 18.3 Å². The van der Waals surface area contributed by atoms with E-state index < -0.39 is 17.7 Å². The Kier molecular flexibility index (Phi) is 3.59. The van der Waals surface area contributed by atoms with Crippen molar-refractivity contribution in [1.29, 1.82) is 0 Å². The SMILES string of the molecule is Cn1c(C(N)=O)c(N2C(=O)Cc3ccccc3C2=O)c2cc(Cl)ccc21. The fraction of sp³-hybridized carbons (Fsp3) is 0.105. The Morgan fingerprint density at radius 1 is 1.15 bits per heavy atom. The van der Waals surface area contributed by atoms with E-state index in [1.807, 2.05) is 0 Å². The number of anilines is 1. The standard InChI is InChI=1S/C19H14ClN3O3/c1-22-14-7-6-11(20)9-13(14)16(17(22)18(21)25)23-15(24)8-10-4-2-3-5-12(10)19(23)26/h2-7,9H,8H2,1H3,(H2,21,25). The number of aromatic nitrogens is 1. The maximum absolute atomic E-state index is 13.1. The van der Waals surface area contributed by atoms with Gasteiger partial charge in [-0.3, -0.25) is 14.4 Å². The highest BCUT2D eigenvalue weighted by Gasteiger charge is 2.36. The van der Waals surface area contributed by atoms with Crippen LogP contribution < -0.4 is 10.6 Å². The first-order valence-electron chi connectivity index (χ1n) is 7.93. The van der Waals surface area contributed by atoms with Gasteiger partial charge < -0.3 is 10.3 Å². The molecule has 1 aliphatic rings. The average Bonchev–Trinajstić information content (AvgIpc) is 2.87. The van der Waals surface area contributed by atoms with E-state index in [-0.39, 0.29) is 17.8 Å². The van der Waals surface area contributed by atoms with E-state index in [1.165, 1.54) is 0 Å². The quantitative estimate of drug-likeness (QED) is 0.706. The number of imide groups is 1. The van der Waals surface area contributed by atoms with Crippen LogP contribution in [0.2, 0.25) is 5.02 Å². The molecule has 0 radical (unpaired) electrons. The largest absolute Gasteiger partial charge is 0.364 e. The van der Waals surface area contributed by atoms with Crippen LogP contribution in [0, 0.1) is 0 Å². The number of primary amides is 1. The lowest BCUT2D eigenvalue weighted by atomic mass is 9.97. The summed E-state index contributed by atoms with van der Waals surface area (Å²) in [5.41, 5.74) is 7.58. The second kappa shape index (κ2) is 5.71. The molecular formula is C19H14ClN3O3. The predicted molar refractivity (Wildman–Crippen MR) is 98.4 cm³/mol. The minimum atomic E-state index is -0.728. The molecule has 0 atom stereocenters.